The molecule has 0 spiro atoms. The number of alkyl carbamates (subject to hydrolysis) is 2. The van der Waals surface area contributed by atoms with Crippen molar-refractivity contribution in [2.24, 2.45) is 0 Å². The van der Waals surface area contributed by atoms with Crippen molar-refractivity contribution < 1.29 is 37.7 Å². The fourth-order valence-corrected chi connectivity index (χ4v) is 7.52. The fraction of sp³-hybridized carbons (Fsp3) is 0.426. The molecule has 1 aliphatic heterocycles. The molecule has 0 radical (unpaired) electrons. The van der Waals surface area contributed by atoms with E-state index in [9.17, 15) is 19.2 Å². The van der Waals surface area contributed by atoms with Crippen LogP contribution in [-0.2, 0) is 32.0 Å². The third kappa shape index (κ3) is 12.8. The summed E-state index contributed by atoms with van der Waals surface area (Å²) in [4.78, 5) is 60.7. The largest absolute Gasteiger partial charge is 0.445 e. The van der Waals surface area contributed by atoms with Crippen molar-refractivity contribution in [2.45, 2.75) is 110 Å². The van der Waals surface area contributed by atoms with Crippen LogP contribution >= 0.6 is 11.6 Å². The smallest absolute Gasteiger partial charge is 0.411 e. The average Bonchev–Trinajstić information content (AvgIpc) is 3.62. The first kappa shape index (κ1) is 46.6. The number of carbonyl (C=O) groups is 3. The van der Waals surface area contributed by atoms with Crippen molar-refractivity contribution in [3.05, 3.63) is 117 Å². The summed E-state index contributed by atoms with van der Waals surface area (Å²) in [5.74, 6) is -0.609. The summed E-state index contributed by atoms with van der Waals surface area (Å²) in [7, 11) is 0. The second-order valence-electron chi connectivity index (χ2n) is 17.7. The molecule has 0 aliphatic carbocycles. The van der Waals surface area contributed by atoms with E-state index in [1.807, 2.05) is 49.4 Å². The van der Waals surface area contributed by atoms with Gasteiger partial charge < -0.3 is 34.6 Å². The van der Waals surface area contributed by atoms with Crippen molar-refractivity contribution in [3.8, 4) is 16.9 Å². The lowest BCUT2D eigenvalue weighted by Gasteiger charge is -2.42. The van der Waals surface area contributed by atoms with Gasteiger partial charge in [0.15, 0.2) is 5.82 Å². The molecule has 3 N–H and O–H groups in total. The first-order valence-electron chi connectivity index (χ1n) is 21.1. The number of nitrogens with zero attached hydrogens (tertiary/aromatic N) is 3. The van der Waals surface area contributed by atoms with Gasteiger partial charge in [0.25, 0.3) is 0 Å². The molecule has 0 bridgehead atoms. The number of hydrogen-bond donors (Lipinski definition) is 3. The van der Waals surface area contributed by atoms with E-state index < -0.39 is 53.1 Å². The summed E-state index contributed by atoms with van der Waals surface area (Å²) in [5, 5.41) is 6.13. The lowest BCUT2D eigenvalue weighted by molar-refractivity contribution is -0.0635. The van der Waals surface area contributed by atoms with Gasteiger partial charge in [0.2, 0.25) is 0 Å². The highest BCUT2D eigenvalue weighted by Gasteiger charge is 2.38. The van der Waals surface area contributed by atoms with Gasteiger partial charge in [-0.25, -0.2) is 23.6 Å². The van der Waals surface area contributed by atoms with Crippen molar-refractivity contribution in [2.75, 3.05) is 19.8 Å². The van der Waals surface area contributed by atoms with Crippen LogP contribution in [0.1, 0.15) is 90.5 Å². The highest BCUT2D eigenvalue weighted by Crippen LogP contribution is 2.33. The number of H-pyrrole nitrogens is 1. The Morgan fingerprint density at radius 1 is 0.952 bits per heavy atom. The Bertz CT molecular complexity index is 2450. The van der Waals surface area contributed by atoms with Crippen LogP contribution < -0.4 is 16.3 Å². The van der Waals surface area contributed by atoms with Gasteiger partial charge in [-0.15, -0.1) is 0 Å². The fourth-order valence-electron chi connectivity index (χ4n) is 7.27. The van der Waals surface area contributed by atoms with Gasteiger partial charge in [0.05, 0.1) is 41.7 Å². The summed E-state index contributed by atoms with van der Waals surface area (Å²) in [5.41, 5.74) is 1.92. The van der Waals surface area contributed by atoms with Crippen LogP contribution in [0.25, 0.3) is 28.0 Å². The Hall–Kier alpha value is -5.93. The van der Waals surface area contributed by atoms with E-state index in [1.165, 1.54) is 4.57 Å². The first-order valence-corrected chi connectivity index (χ1v) is 21.5. The summed E-state index contributed by atoms with van der Waals surface area (Å²) >= 11 is 6.39. The minimum atomic E-state index is -0.755. The number of benzene rings is 3. The maximum atomic E-state index is 15.6. The molecule has 5 aromatic rings. The van der Waals surface area contributed by atoms with E-state index in [1.54, 1.807) is 83.0 Å². The van der Waals surface area contributed by atoms with Crippen molar-refractivity contribution in [1.82, 2.24) is 30.1 Å². The zero-order valence-corrected chi connectivity index (χ0v) is 37.5. The van der Waals surface area contributed by atoms with E-state index in [2.05, 4.69) is 20.6 Å². The molecule has 16 heteroatoms. The van der Waals surface area contributed by atoms with E-state index in [-0.39, 0.29) is 48.6 Å². The molecule has 336 valence electrons. The zero-order chi connectivity index (χ0) is 45.5. The monoisotopic (exact) mass is 886 g/mol. The number of nitrogens with one attached hydrogen (secondary N) is 3. The number of fused-ring (bicyclic) bond motifs is 1. The first-order chi connectivity index (χ1) is 29.8. The van der Waals surface area contributed by atoms with Gasteiger partial charge in [-0.1, -0.05) is 54.1 Å². The molecule has 1 aliphatic rings. The van der Waals surface area contributed by atoms with E-state index in [0.717, 1.165) is 16.7 Å². The zero-order valence-electron chi connectivity index (χ0n) is 36.8. The number of ether oxygens (including phenoxy) is 4. The highest BCUT2D eigenvalue weighted by molar-refractivity contribution is 6.31. The Morgan fingerprint density at radius 3 is 2.37 bits per heavy atom. The minimum absolute atomic E-state index is 0.0400. The third-order valence-electron chi connectivity index (χ3n) is 10.2. The molecule has 6 rings (SSSR count). The van der Waals surface area contributed by atoms with Gasteiger partial charge >= 0.3 is 24.0 Å². The van der Waals surface area contributed by atoms with Crippen LogP contribution in [0.15, 0.2) is 83.8 Å². The molecule has 1 saturated heterocycles. The van der Waals surface area contributed by atoms with Crippen LogP contribution in [0.2, 0.25) is 5.02 Å². The molecule has 14 nitrogen and oxygen atoms in total. The normalized spacial score (nSPS) is 16.0. The van der Waals surface area contributed by atoms with Gasteiger partial charge in [-0.05, 0) is 121 Å². The highest BCUT2D eigenvalue weighted by atomic mass is 35.5. The number of amides is 3. The molecule has 3 unspecified atom stereocenters. The van der Waals surface area contributed by atoms with E-state index in [4.69, 9.17) is 30.5 Å². The van der Waals surface area contributed by atoms with Crippen molar-refractivity contribution in [1.29, 1.82) is 0 Å². The van der Waals surface area contributed by atoms with Crippen LogP contribution in [0.3, 0.4) is 0 Å². The summed E-state index contributed by atoms with van der Waals surface area (Å²) in [6.45, 7) is 13.5. The number of halogens is 2. The number of aromatic nitrogens is 3. The topological polar surface area (TPSA) is 166 Å². The molecule has 0 saturated carbocycles. The van der Waals surface area contributed by atoms with E-state index in [0.29, 0.717) is 42.5 Å². The van der Waals surface area contributed by atoms with Crippen LogP contribution in [-0.4, -0.2) is 80.8 Å². The SMILES string of the molecule is CC(CCCc1cc(Cl)c(F)c(-c2cc3cn(-c4ccc(C5COCC(CCNC(=O)OC(C)(C)C)N5C(=O)OC(C)(C)C)cc4)c(=O)nc3[nH]2)c1)NC(=O)OCc1ccccc1. The molecule has 3 aromatic carbocycles. The maximum absolute atomic E-state index is 15.6. The summed E-state index contributed by atoms with van der Waals surface area (Å²) in [6, 6.07) is 20.5. The van der Waals surface area contributed by atoms with Crippen LogP contribution in [0, 0.1) is 5.82 Å². The predicted molar refractivity (Wildman–Crippen MR) is 239 cm³/mol. The number of aromatic amines is 1. The molecule has 3 amide bonds. The standard InChI is InChI=1S/C47H56ClFN6O8/c1-29(51-44(58)61-26-30-13-9-8-10-14-30)12-11-15-31-22-36(40(49)37(48)23-31)38-24-33-25-54(42(56)53-41(33)52-38)34-18-16-32(17-19-34)39-28-60-27-35(55(39)45(59)63-47(5,6)7)20-21-50-43(57)62-46(2,3)4/h8-10,13-14,16-19,22-25,29,35,39H,11-12,15,20-21,26-28H2,1-7H3,(H,50,57)(H,51,58)(H,52,53,56). The molecule has 2 aromatic heterocycles. The molecule has 3 heterocycles. The molecular formula is C47H56ClFN6O8. The Balaban J connectivity index is 1.14. The third-order valence-corrected chi connectivity index (χ3v) is 10.5. The van der Waals surface area contributed by atoms with Gasteiger partial charge in [0.1, 0.15) is 23.5 Å². The molecule has 3 atom stereocenters. The van der Waals surface area contributed by atoms with Crippen LogP contribution in [0.5, 0.6) is 0 Å². The number of hydrogen-bond acceptors (Lipinski definition) is 9. The van der Waals surface area contributed by atoms with Gasteiger partial charge in [-0.2, -0.15) is 4.98 Å². The molecular weight excluding hydrogens is 831 g/mol. The van der Waals surface area contributed by atoms with Crippen LogP contribution in [0.4, 0.5) is 18.8 Å². The van der Waals surface area contributed by atoms with Crippen molar-refractivity contribution in [3.63, 3.8) is 0 Å². The number of morpholine rings is 1. The van der Waals surface area contributed by atoms with Crippen molar-refractivity contribution >= 4 is 40.9 Å². The predicted octanol–water partition coefficient (Wildman–Crippen LogP) is 9.40. The van der Waals surface area contributed by atoms with Gasteiger partial charge in [0, 0.05) is 29.7 Å². The lowest BCUT2D eigenvalue weighted by Crippen LogP contribution is -2.53. The number of aryl methyl sites for hydroxylation is 1. The Labute approximate surface area is 371 Å². The Kier molecular flexibility index (Phi) is 14.8. The average molecular weight is 887 g/mol. The molecule has 1 fully saturated rings. The maximum Gasteiger partial charge on any atom is 0.411 e. The Morgan fingerprint density at radius 2 is 1.67 bits per heavy atom. The minimum Gasteiger partial charge on any atom is -0.445 e. The summed E-state index contributed by atoms with van der Waals surface area (Å²) in [6.07, 6.45) is 2.38. The number of rotatable bonds is 13. The van der Waals surface area contributed by atoms with Gasteiger partial charge in [-0.3, -0.25) is 9.47 Å². The quantitative estimate of drug-likeness (QED) is 0.0977. The second-order valence-corrected chi connectivity index (χ2v) is 18.1. The number of carbonyl (C=O) groups excluding carboxylic acids is 3. The molecule has 63 heavy (non-hydrogen) atoms. The second kappa shape index (κ2) is 20.1. The summed E-state index contributed by atoms with van der Waals surface area (Å²) < 4.78 is 39.5. The lowest BCUT2D eigenvalue weighted by atomic mass is 10.0. The van der Waals surface area contributed by atoms with E-state index >= 15 is 4.39 Å².